The largest absolute Gasteiger partial charge is 0.326 e. The van der Waals surface area contributed by atoms with Gasteiger partial charge in [0.25, 0.3) is 0 Å². The van der Waals surface area contributed by atoms with Crippen LogP contribution in [-0.4, -0.2) is 31.2 Å². The molecule has 10 heteroatoms. The Kier molecular flexibility index (Phi) is 5.78. The molecule has 1 aromatic heterocycles. The minimum atomic E-state index is -3.90. The van der Waals surface area contributed by atoms with Crippen molar-refractivity contribution in [2.75, 3.05) is 12.4 Å². The number of carbonyl (C=O) groups is 1. The van der Waals surface area contributed by atoms with Gasteiger partial charge in [0.05, 0.1) is 24.5 Å². The van der Waals surface area contributed by atoms with Gasteiger partial charge in [-0.1, -0.05) is 29.8 Å². The van der Waals surface area contributed by atoms with Crippen LogP contribution in [0.4, 0.5) is 10.1 Å². The van der Waals surface area contributed by atoms with Gasteiger partial charge in [-0.15, -0.1) is 0 Å². The summed E-state index contributed by atoms with van der Waals surface area (Å²) >= 11 is 6.06. The molecule has 7 nitrogen and oxygen atoms in total. The first-order chi connectivity index (χ1) is 13.3. The lowest BCUT2D eigenvalue weighted by molar-refractivity contribution is -0.115. The Labute approximate surface area is 166 Å². The molecule has 0 aliphatic carbocycles. The third-order valence-corrected chi connectivity index (χ3v) is 5.72. The molecule has 0 radical (unpaired) electrons. The van der Waals surface area contributed by atoms with Crippen LogP contribution in [0, 0.1) is 5.82 Å². The molecular weight excluding hydrogens is 407 g/mol. The Bertz CT molecular complexity index is 1130. The Hall–Kier alpha value is -2.75. The quantitative estimate of drug-likeness (QED) is 0.638. The van der Waals surface area contributed by atoms with Crippen molar-refractivity contribution in [3.05, 3.63) is 71.3 Å². The van der Waals surface area contributed by atoms with E-state index in [9.17, 15) is 17.6 Å². The zero-order chi connectivity index (χ0) is 20.3. The summed E-state index contributed by atoms with van der Waals surface area (Å²) in [6.45, 7) is 0. The molecule has 0 aliphatic rings. The Morgan fingerprint density at radius 1 is 1.25 bits per heavy atom. The number of amides is 1. The van der Waals surface area contributed by atoms with E-state index in [-0.39, 0.29) is 28.6 Å². The van der Waals surface area contributed by atoms with E-state index in [0.29, 0.717) is 10.6 Å². The lowest BCUT2D eigenvalue weighted by atomic mass is 10.1. The Morgan fingerprint density at radius 2 is 2.00 bits per heavy atom. The van der Waals surface area contributed by atoms with Gasteiger partial charge in [0.15, 0.2) is 5.82 Å². The van der Waals surface area contributed by atoms with E-state index in [2.05, 4.69) is 15.1 Å². The molecule has 1 amide bonds. The van der Waals surface area contributed by atoms with Crippen molar-refractivity contribution < 1.29 is 17.6 Å². The van der Waals surface area contributed by atoms with E-state index in [0.717, 1.165) is 17.1 Å². The third-order valence-electron chi connectivity index (χ3n) is 3.91. The number of sulfonamides is 1. The number of rotatable bonds is 6. The second kappa shape index (κ2) is 8.09. The smallest absolute Gasteiger partial charge is 0.242 e. The summed E-state index contributed by atoms with van der Waals surface area (Å²) in [5, 5.41) is 6.91. The molecule has 3 rings (SSSR count). The van der Waals surface area contributed by atoms with Gasteiger partial charge in [0, 0.05) is 10.7 Å². The number of anilines is 1. The highest BCUT2D eigenvalue weighted by atomic mass is 35.5. The molecular formula is C18H16ClFN4O3S. The zero-order valence-electron chi connectivity index (χ0n) is 14.7. The summed E-state index contributed by atoms with van der Waals surface area (Å²) in [6.07, 6.45) is 2.05. The van der Waals surface area contributed by atoms with Crippen LogP contribution in [0.5, 0.6) is 0 Å². The van der Waals surface area contributed by atoms with Crippen molar-refractivity contribution in [1.82, 2.24) is 14.5 Å². The van der Waals surface area contributed by atoms with E-state index in [1.807, 2.05) is 0 Å². The van der Waals surface area contributed by atoms with Crippen molar-refractivity contribution in [3.8, 4) is 5.69 Å². The second-order valence-electron chi connectivity index (χ2n) is 5.81. The van der Waals surface area contributed by atoms with E-state index >= 15 is 0 Å². The maximum absolute atomic E-state index is 13.3. The predicted octanol–water partition coefficient (Wildman–Crippen LogP) is 2.75. The molecule has 146 valence electrons. The summed E-state index contributed by atoms with van der Waals surface area (Å²) in [5.74, 6) is -0.969. The van der Waals surface area contributed by atoms with Gasteiger partial charge in [-0.05, 0) is 36.9 Å². The Morgan fingerprint density at radius 3 is 2.64 bits per heavy atom. The van der Waals surface area contributed by atoms with E-state index < -0.39 is 15.8 Å². The van der Waals surface area contributed by atoms with Crippen molar-refractivity contribution in [3.63, 3.8) is 0 Å². The highest BCUT2D eigenvalue weighted by molar-refractivity contribution is 7.89. The number of nitrogens with zero attached hydrogens (tertiary/aromatic N) is 2. The average Bonchev–Trinajstić information content (AvgIpc) is 3.10. The summed E-state index contributed by atoms with van der Waals surface area (Å²) in [5.41, 5.74) is 1.05. The van der Waals surface area contributed by atoms with Gasteiger partial charge < -0.3 is 5.32 Å². The van der Waals surface area contributed by atoms with Crippen LogP contribution >= 0.6 is 11.6 Å². The molecule has 0 unspecified atom stereocenters. The predicted molar refractivity (Wildman–Crippen MR) is 104 cm³/mol. The van der Waals surface area contributed by atoms with Crippen LogP contribution in [0.15, 0.2) is 59.8 Å². The highest BCUT2D eigenvalue weighted by Gasteiger charge is 2.20. The van der Waals surface area contributed by atoms with E-state index in [1.54, 1.807) is 24.3 Å². The van der Waals surface area contributed by atoms with Gasteiger partial charge in [-0.2, -0.15) is 5.10 Å². The van der Waals surface area contributed by atoms with Crippen LogP contribution in [0.1, 0.15) is 5.56 Å². The minimum Gasteiger partial charge on any atom is -0.326 e. The molecule has 0 spiro atoms. The molecule has 0 bridgehead atoms. The fourth-order valence-electron chi connectivity index (χ4n) is 2.56. The SMILES string of the molecule is CNS(=O)(=O)c1cc(NC(=O)Cc2ccccc2Cl)ccc1-n1cc(F)cn1. The molecule has 1 heterocycles. The second-order valence-corrected chi connectivity index (χ2v) is 8.07. The van der Waals surface area contributed by atoms with Crippen molar-refractivity contribution in [1.29, 1.82) is 0 Å². The molecule has 0 aliphatic heterocycles. The highest BCUT2D eigenvalue weighted by Crippen LogP contribution is 2.24. The molecule has 0 fully saturated rings. The maximum Gasteiger partial charge on any atom is 0.242 e. The zero-order valence-corrected chi connectivity index (χ0v) is 16.3. The van der Waals surface area contributed by atoms with Crippen molar-refractivity contribution >= 4 is 33.2 Å². The normalized spacial score (nSPS) is 11.4. The van der Waals surface area contributed by atoms with Gasteiger partial charge in [0.1, 0.15) is 4.90 Å². The average molecular weight is 423 g/mol. The Balaban J connectivity index is 1.91. The topological polar surface area (TPSA) is 93.1 Å². The number of halogens is 2. The molecule has 0 saturated heterocycles. The molecule has 28 heavy (non-hydrogen) atoms. The number of carbonyl (C=O) groups excluding carboxylic acids is 1. The van der Waals surface area contributed by atoms with Crippen LogP contribution in [0.25, 0.3) is 5.69 Å². The summed E-state index contributed by atoms with van der Waals surface area (Å²) in [4.78, 5) is 12.2. The van der Waals surface area contributed by atoms with Crippen molar-refractivity contribution in [2.24, 2.45) is 0 Å². The van der Waals surface area contributed by atoms with Gasteiger partial charge >= 0.3 is 0 Å². The van der Waals surface area contributed by atoms with Crippen LogP contribution < -0.4 is 10.0 Å². The third kappa shape index (κ3) is 4.38. The molecule has 0 saturated carbocycles. The summed E-state index contributed by atoms with van der Waals surface area (Å²) < 4.78 is 41.4. The standard InChI is InChI=1S/C18H16ClFN4O3S/c1-21-28(26,27)17-9-14(6-7-16(17)24-11-13(20)10-22-24)23-18(25)8-12-4-2-3-5-15(12)19/h2-7,9-11,21H,8H2,1H3,(H,23,25). The summed E-state index contributed by atoms with van der Waals surface area (Å²) in [7, 11) is -2.64. The molecule has 2 N–H and O–H groups in total. The maximum atomic E-state index is 13.3. The molecule has 0 atom stereocenters. The summed E-state index contributed by atoms with van der Waals surface area (Å²) in [6, 6.07) is 11.2. The lowest BCUT2D eigenvalue weighted by Crippen LogP contribution is -2.21. The monoisotopic (exact) mass is 422 g/mol. The molecule has 3 aromatic rings. The van der Waals surface area contributed by atoms with E-state index in [4.69, 9.17) is 11.6 Å². The van der Waals surface area contributed by atoms with E-state index in [1.165, 1.54) is 25.2 Å². The lowest BCUT2D eigenvalue weighted by Gasteiger charge is -2.13. The van der Waals surface area contributed by atoms with Gasteiger partial charge in [-0.3, -0.25) is 4.79 Å². The fourth-order valence-corrected chi connectivity index (χ4v) is 3.70. The number of aromatic nitrogens is 2. The van der Waals surface area contributed by atoms with Crippen LogP contribution in [0.2, 0.25) is 5.02 Å². The number of benzene rings is 2. The first kappa shape index (κ1) is 20.0. The van der Waals surface area contributed by atoms with Gasteiger partial charge in [-0.25, -0.2) is 22.2 Å². The number of hydrogen-bond acceptors (Lipinski definition) is 4. The number of nitrogens with one attached hydrogen (secondary N) is 2. The fraction of sp³-hybridized carbons (Fsp3) is 0.111. The first-order valence-electron chi connectivity index (χ1n) is 8.11. The van der Waals surface area contributed by atoms with Crippen LogP contribution in [0.3, 0.4) is 0 Å². The molecule has 2 aromatic carbocycles. The van der Waals surface area contributed by atoms with Crippen molar-refractivity contribution in [2.45, 2.75) is 11.3 Å². The minimum absolute atomic E-state index is 0.0277. The number of hydrogen-bond donors (Lipinski definition) is 2. The van der Waals surface area contributed by atoms with Gasteiger partial charge in [0.2, 0.25) is 15.9 Å². The van der Waals surface area contributed by atoms with Crippen LogP contribution in [-0.2, 0) is 21.2 Å². The first-order valence-corrected chi connectivity index (χ1v) is 9.97.